The summed E-state index contributed by atoms with van der Waals surface area (Å²) in [6.07, 6.45) is 0.844. The fourth-order valence-corrected chi connectivity index (χ4v) is 1.48. The van der Waals surface area contributed by atoms with Gasteiger partial charge in [0, 0.05) is 12.1 Å². The van der Waals surface area contributed by atoms with Crippen LogP contribution in [0.15, 0.2) is 24.3 Å². The molecule has 0 radical (unpaired) electrons. The first kappa shape index (κ1) is 14.7. The van der Waals surface area contributed by atoms with E-state index in [9.17, 15) is 9.59 Å². The third-order valence-electron chi connectivity index (χ3n) is 2.54. The summed E-state index contributed by atoms with van der Waals surface area (Å²) in [4.78, 5) is 23.5. The Kier molecular flexibility index (Phi) is 5.55. The molecule has 0 aliphatic rings. The van der Waals surface area contributed by atoms with E-state index in [2.05, 4.69) is 10.6 Å². The summed E-state index contributed by atoms with van der Waals surface area (Å²) in [6.45, 7) is 4.16. The molecule has 100 valence electrons. The molecule has 0 bridgehead atoms. The topological polar surface area (TPSA) is 82.0 Å². The molecule has 2 N–H and O–H groups in total. The zero-order valence-corrected chi connectivity index (χ0v) is 11.1. The predicted molar refractivity (Wildman–Crippen MR) is 71.4 cm³/mol. The van der Waals surface area contributed by atoms with Gasteiger partial charge in [-0.05, 0) is 31.5 Å². The van der Waals surface area contributed by atoms with E-state index in [0.717, 1.165) is 6.42 Å². The van der Waals surface area contributed by atoms with E-state index < -0.39 is 6.04 Å². The molecule has 0 heterocycles. The van der Waals surface area contributed by atoms with Crippen LogP contribution in [0.2, 0.25) is 0 Å². The maximum atomic E-state index is 11.9. The van der Waals surface area contributed by atoms with E-state index in [4.69, 9.17) is 5.26 Å². The summed E-state index contributed by atoms with van der Waals surface area (Å²) >= 11 is 0. The first-order chi connectivity index (χ1) is 9.08. The number of benzene rings is 1. The zero-order valence-electron chi connectivity index (χ0n) is 11.1. The number of hydrogen-bond acceptors (Lipinski definition) is 3. The molecule has 0 spiro atoms. The van der Waals surface area contributed by atoms with Gasteiger partial charge in [-0.2, -0.15) is 5.26 Å². The van der Waals surface area contributed by atoms with Crippen LogP contribution >= 0.6 is 0 Å². The molecule has 5 heteroatoms. The second kappa shape index (κ2) is 7.17. The second-order valence-electron chi connectivity index (χ2n) is 4.18. The Morgan fingerprint density at radius 3 is 2.79 bits per heavy atom. The third-order valence-corrected chi connectivity index (χ3v) is 2.54. The molecule has 1 aromatic rings. The monoisotopic (exact) mass is 259 g/mol. The lowest BCUT2D eigenvalue weighted by Gasteiger charge is -2.13. The number of nitrogens with zero attached hydrogens (tertiary/aromatic N) is 1. The van der Waals surface area contributed by atoms with Gasteiger partial charge in [0.1, 0.15) is 6.04 Å². The average molecular weight is 259 g/mol. The second-order valence-corrected chi connectivity index (χ2v) is 4.18. The summed E-state index contributed by atoms with van der Waals surface area (Å²) < 4.78 is 0. The van der Waals surface area contributed by atoms with Gasteiger partial charge in [0.05, 0.1) is 11.6 Å². The molecule has 0 aliphatic heterocycles. The van der Waals surface area contributed by atoms with Gasteiger partial charge < -0.3 is 10.6 Å². The van der Waals surface area contributed by atoms with Crippen molar-refractivity contribution in [2.24, 2.45) is 0 Å². The Morgan fingerprint density at radius 2 is 2.16 bits per heavy atom. The minimum atomic E-state index is -0.607. The lowest BCUT2D eigenvalue weighted by molar-refractivity contribution is -0.122. The first-order valence-corrected chi connectivity index (χ1v) is 6.17. The van der Waals surface area contributed by atoms with Gasteiger partial charge in [-0.1, -0.05) is 13.0 Å². The SMILES string of the molecule is CCCNC(=O)[C@H](C)NC(=O)c1cccc(C#N)c1. The van der Waals surface area contributed by atoms with Gasteiger partial charge in [0.15, 0.2) is 0 Å². The van der Waals surface area contributed by atoms with Crippen molar-refractivity contribution in [2.75, 3.05) is 6.54 Å². The quantitative estimate of drug-likeness (QED) is 0.833. The minimum Gasteiger partial charge on any atom is -0.354 e. The molecular formula is C14H17N3O2. The molecule has 0 aromatic heterocycles. The van der Waals surface area contributed by atoms with Crippen LogP contribution in [0, 0.1) is 11.3 Å². The number of nitrogens with one attached hydrogen (secondary N) is 2. The molecule has 0 unspecified atom stereocenters. The van der Waals surface area contributed by atoms with Crippen molar-refractivity contribution < 1.29 is 9.59 Å². The van der Waals surface area contributed by atoms with Crippen LogP contribution < -0.4 is 10.6 Å². The number of carbonyl (C=O) groups is 2. The lowest BCUT2D eigenvalue weighted by atomic mass is 10.1. The van der Waals surface area contributed by atoms with E-state index in [1.165, 1.54) is 6.07 Å². The summed E-state index contributed by atoms with van der Waals surface area (Å²) in [6, 6.07) is 7.71. The van der Waals surface area contributed by atoms with E-state index in [0.29, 0.717) is 17.7 Å². The maximum absolute atomic E-state index is 11.9. The number of rotatable bonds is 5. The van der Waals surface area contributed by atoms with Gasteiger partial charge in [-0.15, -0.1) is 0 Å². The molecule has 1 atom stereocenters. The fraction of sp³-hybridized carbons (Fsp3) is 0.357. The van der Waals surface area contributed by atoms with Crippen molar-refractivity contribution >= 4 is 11.8 Å². The highest BCUT2D eigenvalue weighted by Crippen LogP contribution is 2.04. The van der Waals surface area contributed by atoms with Gasteiger partial charge in [0.25, 0.3) is 5.91 Å². The molecular weight excluding hydrogens is 242 g/mol. The van der Waals surface area contributed by atoms with Crippen LogP contribution in [0.1, 0.15) is 36.2 Å². The molecule has 0 fully saturated rings. The van der Waals surface area contributed by atoms with Crippen LogP contribution in [0.3, 0.4) is 0 Å². The summed E-state index contributed by atoms with van der Waals surface area (Å²) in [5.41, 5.74) is 0.782. The fourth-order valence-electron chi connectivity index (χ4n) is 1.48. The molecule has 1 aromatic carbocycles. The maximum Gasteiger partial charge on any atom is 0.251 e. The van der Waals surface area contributed by atoms with E-state index in [1.807, 2.05) is 13.0 Å². The first-order valence-electron chi connectivity index (χ1n) is 6.17. The smallest absolute Gasteiger partial charge is 0.251 e. The highest BCUT2D eigenvalue weighted by atomic mass is 16.2. The Morgan fingerprint density at radius 1 is 1.42 bits per heavy atom. The van der Waals surface area contributed by atoms with Crippen LogP contribution in [-0.4, -0.2) is 24.4 Å². The van der Waals surface area contributed by atoms with Gasteiger partial charge in [-0.25, -0.2) is 0 Å². The molecule has 1 rings (SSSR count). The van der Waals surface area contributed by atoms with Crippen LogP contribution in [0.4, 0.5) is 0 Å². The third kappa shape index (κ3) is 4.43. The normalized spacial score (nSPS) is 11.2. The van der Waals surface area contributed by atoms with E-state index in [-0.39, 0.29) is 11.8 Å². The highest BCUT2D eigenvalue weighted by molar-refractivity contribution is 5.97. The van der Waals surface area contributed by atoms with Crippen LogP contribution in [0.5, 0.6) is 0 Å². The van der Waals surface area contributed by atoms with Crippen molar-refractivity contribution in [3.8, 4) is 6.07 Å². The molecule has 2 amide bonds. The largest absolute Gasteiger partial charge is 0.354 e. The van der Waals surface area contributed by atoms with Crippen molar-refractivity contribution in [1.82, 2.24) is 10.6 Å². The van der Waals surface area contributed by atoms with Gasteiger partial charge in [0.2, 0.25) is 5.91 Å². The van der Waals surface area contributed by atoms with E-state index in [1.54, 1.807) is 25.1 Å². The molecule has 5 nitrogen and oxygen atoms in total. The molecule has 0 saturated heterocycles. The molecule has 0 saturated carbocycles. The summed E-state index contributed by atoms with van der Waals surface area (Å²) in [5, 5.41) is 14.1. The van der Waals surface area contributed by atoms with Crippen molar-refractivity contribution in [3.63, 3.8) is 0 Å². The molecule has 19 heavy (non-hydrogen) atoms. The number of nitriles is 1. The molecule has 0 aliphatic carbocycles. The Bertz CT molecular complexity index is 506. The Balaban J connectivity index is 2.64. The standard InChI is InChI=1S/C14H17N3O2/c1-3-7-16-13(18)10(2)17-14(19)12-6-4-5-11(8-12)9-15/h4-6,8,10H,3,7H2,1-2H3,(H,16,18)(H,17,19)/t10-/m0/s1. The summed E-state index contributed by atoms with van der Waals surface area (Å²) in [7, 11) is 0. The Labute approximate surface area is 112 Å². The van der Waals surface area contributed by atoms with Crippen molar-refractivity contribution in [2.45, 2.75) is 26.3 Å². The number of carbonyl (C=O) groups excluding carboxylic acids is 2. The van der Waals surface area contributed by atoms with Gasteiger partial charge in [-0.3, -0.25) is 9.59 Å². The lowest BCUT2D eigenvalue weighted by Crippen LogP contribution is -2.45. The van der Waals surface area contributed by atoms with E-state index >= 15 is 0 Å². The van der Waals surface area contributed by atoms with Crippen LogP contribution in [0.25, 0.3) is 0 Å². The average Bonchev–Trinajstić information content (AvgIpc) is 2.44. The van der Waals surface area contributed by atoms with Crippen molar-refractivity contribution in [3.05, 3.63) is 35.4 Å². The van der Waals surface area contributed by atoms with Crippen molar-refractivity contribution in [1.29, 1.82) is 5.26 Å². The number of hydrogen-bond donors (Lipinski definition) is 2. The zero-order chi connectivity index (χ0) is 14.3. The van der Waals surface area contributed by atoms with Gasteiger partial charge >= 0.3 is 0 Å². The highest BCUT2D eigenvalue weighted by Gasteiger charge is 2.16. The number of amides is 2. The summed E-state index contributed by atoms with van der Waals surface area (Å²) in [5.74, 6) is -0.581. The minimum absolute atomic E-state index is 0.216. The van der Waals surface area contributed by atoms with Crippen LogP contribution in [-0.2, 0) is 4.79 Å². The predicted octanol–water partition coefficient (Wildman–Crippen LogP) is 1.20. The Hall–Kier alpha value is -2.35.